The topological polar surface area (TPSA) is 51.6 Å². The van der Waals surface area contributed by atoms with Crippen LogP contribution in [0.25, 0.3) is 132 Å². The molecule has 0 unspecified atom stereocenters. The molecular weight excluding hydrogens is 729 g/mol. The molecule has 0 spiro atoms. The van der Waals surface area contributed by atoms with Crippen LogP contribution in [0.2, 0.25) is 0 Å². The van der Waals surface area contributed by atoms with Crippen LogP contribution < -0.4 is 0 Å². The van der Waals surface area contributed by atoms with Crippen LogP contribution in [0.3, 0.4) is 0 Å². The Labute approximate surface area is 344 Å². The number of rotatable bonds is 4. The lowest BCUT2D eigenvalue weighted by molar-refractivity contribution is 1.37. The zero-order valence-corrected chi connectivity index (χ0v) is 32.3. The SMILES string of the molecule is c1cnc2c(c1)ccc1ccc(-c3ccc(-c4ccc5ccc(-c6ccc7nc(-c8cc9cccc%10ccc%11cccc8c%11c%109)ccc7c6)cc5n4)c4ccccc34)nc12. The van der Waals surface area contributed by atoms with E-state index in [2.05, 4.69) is 187 Å². The highest BCUT2D eigenvalue weighted by Crippen LogP contribution is 2.41. The summed E-state index contributed by atoms with van der Waals surface area (Å²) < 4.78 is 0. The van der Waals surface area contributed by atoms with Crippen molar-refractivity contribution in [3.63, 3.8) is 0 Å². The molecule has 4 nitrogen and oxygen atoms in total. The number of hydrogen-bond donors (Lipinski definition) is 0. The van der Waals surface area contributed by atoms with Crippen LogP contribution in [-0.4, -0.2) is 19.9 Å². The average Bonchev–Trinajstić information content (AvgIpc) is 3.32. The third kappa shape index (κ3) is 5.04. The highest BCUT2D eigenvalue weighted by molar-refractivity contribution is 6.26. The molecule has 0 aliphatic heterocycles. The summed E-state index contributed by atoms with van der Waals surface area (Å²) in [6.45, 7) is 0. The fourth-order valence-electron chi connectivity index (χ4n) is 9.50. The quantitative estimate of drug-likeness (QED) is 0.168. The van der Waals surface area contributed by atoms with Gasteiger partial charge >= 0.3 is 0 Å². The molecule has 0 aliphatic carbocycles. The van der Waals surface area contributed by atoms with E-state index in [1.807, 2.05) is 12.3 Å². The summed E-state index contributed by atoms with van der Waals surface area (Å²) >= 11 is 0. The molecule has 0 bridgehead atoms. The van der Waals surface area contributed by atoms with Gasteiger partial charge in [-0.2, -0.15) is 0 Å². The van der Waals surface area contributed by atoms with E-state index in [0.29, 0.717) is 0 Å². The summed E-state index contributed by atoms with van der Waals surface area (Å²) in [7, 11) is 0. The molecule has 13 aromatic rings. The highest BCUT2D eigenvalue weighted by Gasteiger charge is 2.16. The summed E-state index contributed by atoms with van der Waals surface area (Å²) in [5.74, 6) is 0. The maximum Gasteiger partial charge on any atom is 0.0972 e. The number of nitrogens with zero attached hydrogens (tertiary/aromatic N) is 4. The Hall–Kier alpha value is -8.08. The van der Waals surface area contributed by atoms with E-state index in [1.165, 1.54) is 32.3 Å². The van der Waals surface area contributed by atoms with E-state index in [4.69, 9.17) is 15.0 Å². The van der Waals surface area contributed by atoms with Crippen LogP contribution >= 0.6 is 0 Å². The van der Waals surface area contributed by atoms with Crippen LogP contribution in [0, 0.1) is 0 Å². The van der Waals surface area contributed by atoms with E-state index < -0.39 is 0 Å². The van der Waals surface area contributed by atoms with E-state index in [1.54, 1.807) is 0 Å². The van der Waals surface area contributed by atoms with Crippen molar-refractivity contribution in [2.24, 2.45) is 0 Å². The largest absolute Gasteiger partial charge is 0.254 e. The van der Waals surface area contributed by atoms with E-state index in [0.717, 1.165) is 99.3 Å². The van der Waals surface area contributed by atoms with Gasteiger partial charge in [0.05, 0.1) is 39.1 Å². The van der Waals surface area contributed by atoms with Crippen LogP contribution in [0.1, 0.15) is 0 Å². The van der Waals surface area contributed by atoms with Gasteiger partial charge in [-0.25, -0.2) is 15.0 Å². The van der Waals surface area contributed by atoms with Crippen LogP contribution in [0.15, 0.2) is 194 Å². The minimum atomic E-state index is 0.915. The summed E-state index contributed by atoms with van der Waals surface area (Å²) in [6, 6.07) is 67.3. The van der Waals surface area contributed by atoms with Gasteiger partial charge in [-0.1, -0.05) is 140 Å². The Morgan fingerprint density at radius 2 is 0.850 bits per heavy atom. The van der Waals surface area contributed by atoms with Crippen molar-refractivity contribution in [1.29, 1.82) is 0 Å². The highest BCUT2D eigenvalue weighted by atomic mass is 14.8. The lowest BCUT2D eigenvalue weighted by Crippen LogP contribution is -1.92. The van der Waals surface area contributed by atoms with E-state index in [-0.39, 0.29) is 0 Å². The molecular formula is C56H32N4. The number of pyridine rings is 4. The minimum Gasteiger partial charge on any atom is -0.254 e. The maximum atomic E-state index is 5.29. The fraction of sp³-hybridized carbons (Fsp3) is 0. The Morgan fingerprint density at radius 3 is 1.68 bits per heavy atom. The molecule has 9 aromatic carbocycles. The number of hydrogen-bond acceptors (Lipinski definition) is 4. The van der Waals surface area contributed by atoms with Crippen molar-refractivity contribution in [2.45, 2.75) is 0 Å². The molecule has 13 rings (SSSR count). The van der Waals surface area contributed by atoms with Gasteiger partial charge in [0.25, 0.3) is 0 Å². The molecule has 276 valence electrons. The molecule has 0 radical (unpaired) electrons. The van der Waals surface area contributed by atoms with Gasteiger partial charge in [0, 0.05) is 44.4 Å². The molecule has 60 heavy (non-hydrogen) atoms. The Bertz CT molecular complexity index is 3910. The Balaban J connectivity index is 0.868. The second kappa shape index (κ2) is 12.7. The van der Waals surface area contributed by atoms with Gasteiger partial charge in [-0.3, -0.25) is 4.98 Å². The molecule has 4 heterocycles. The van der Waals surface area contributed by atoms with Crippen molar-refractivity contribution >= 4 is 86.7 Å². The minimum absolute atomic E-state index is 0.915. The molecule has 0 saturated carbocycles. The molecule has 0 atom stereocenters. The molecule has 0 saturated heterocycles. The van der Waals surface area contributed by atoms with Gasteiger partial charge in [0.1, 0.15) is 0 Å². The predicted octanol–water partition coefficient (Wildman–Crippen LogP) is 14.6. The second-order valence-corrected chi connectivity index (χ2v) is 15.8. The zero-order chi connectivity index (χ0) is 39.3. The van der Waals surface area contributed by atoms with Gasteiger partial charge in [0.15, 0.2) is 0 Å². The first-order valence-corrected chi connectivity index (χ1v) is 20.4. The standard InChI is InChI=1S/C56H32N4/c1-2-11-43-42(10-1)44(23-24-45(43)50-27-20-37-17-16-36-9-5-29-57-55(36)56(37)60-50)49-26-19-33-13-18-39(32-52(33)59-49)38-21-25-48-40(30-38)22-28-51(58-48)47-31-41-8-3-6-34-14-15-35-7-4-12-46(47)54(35)53(34)41/h1-32H. The van der Waals surface area contributed by atoms with Crippen LogP contribution in [0.5, 0.6) is 0 Å². The molecule has 0 amide bonds. The molecule has 0 fully saturated rings. The average molecular weight is 761 g/mol. The first kappa shape index (κ1) is 32.9. The molecule has 4 heteroatoms. The van der Waals surface area contributed by atoms with Crippen LogP contribution in [0.4, 0.5) is 0 Å². The molecule has 4 aromatic heterocycles. The lowest BCUT2D eigenvalue weighted by atomic mass is 9.90. The van der Waals surface area contributed by atoms with Crippen molar-refractivity contribution in [1.82, 2.24) is 19.9 Å². The van der Waals surface area contributed by atoms with Gasteiger partial charge in [-0.15, -0.1) is 0 Å². The van der Waals surface area contributed by atoms with E-state index in [9.17, 15) is 0 Å². The van der Waals surface area contributed by atoms with Gasteiger partial charge in [-0.05, 0) is 103 Å². The number of fused-ring (bicyclic) bond motifs is 6. The molecule has 0 N–H and O–H groups in total. The fourth-order valence-corrected chi connectivity index (χ4v) is 9.50. The lowest BCUT2D eigenvalue weighted by Gasteiger charge is -2.15. The monoisotopic (exact) mass is 760 g/mol. The van der Waals surface area contributed by atoms with E-state index >= 15 is 0 Å². The maximum absolute atomic E-state index is 5.29. The van der Waals surface area contributed by atoms with Crippen molar-refractivity contribution in [3.05, 3.63) is 194 Å². The van der Waals surface area contributed by atoms with Crippen molar-refractivity contribution in [2.75, 3.05) is 0 Å². The Kier molecular flexibility index (Phi) is 6.98. The molecule has 0 aliphatic rings. The summed E-state index contributed by atoms with van der Waals surface area (Å²) in [4.78, 5) is 20.4. The van der Waals surface area contributed by atoms with Gasteiger partial charge < -0.3 is 0 Å². The first-order valence-electron chi connectivity index (χ1n) is 20.4. The summed E-state index contributed by atoms with van der Waals surface area (Å²) in [5.41, 5.74) is 12.2. The van der Waals surface area contributed by atoms with Crippen molar-refractivity contribution in [3.8, 4) is 44.9 Å². The predicted molar refractivity (Wildman–Crippen MR) is 251 cm³/mol. The summed E-state index contributed by atoms with van der Waals surface area (Å²) in [5, 5.41) is 14.3. The smallest absolute Gasteiger partial charge is 0.0972 e. The van der Waals surface area contributed by atoms with Crippen LogP contribution in [-0.2, 0) is 0 Å². The number of benzene rings is 9. The van der Waals surface area contributed by atoms with Crippen molar-refractivity contribution < 1.29 is 0 Å². The normalized spacial score (nSPS) is 12.0. The summed E-state index contributed by atoms with van der Waals surface area (Å²) in [6.07, 6.45) is 1.84. The van der Waals surface area contributed by atoms with Gasteiger partial charge in [0.2, 0.25) is 0 Å². The Morgan fingerprint density at radius 1 is 0.283 bits per heavy atom. The third-order valence-electron chi connectivity index (χ3n) is 12.4. The third-order valence-corrected chi connectivity index (χ3v) is 12.4. The first-order chi connectivity index (χ1) is 29.7. The number of aromatic nitrogens is 4. The second-order valence-electron chi connectivity index (χ2n) is 15.8. The zero-order valence-electron chi connectivity index (χ0n) is 32.3.